The lowest BCUT2D eigenvalue weighted by atomic mass is 9.97. The standard InChI is InChI=1S/C25H47N5O6/c1-11-26-20(32)18(28-19(31)17(4)15-16(2)3)13-12-14-27-21(29-22(33)35-24(5,6)7)30-23(34)36-25(8,9)10/h16-18H,11-15H2,1-10H3,(H,26,32)(H,28,31)(H2,27,29,30,33,34)/t17?,18-/m0/s1. The van der Waals surface area contributed by atoms with Crippen molar-refractivity contribution < 1.29 is 28.7 Å². The van der Waals surface area contributed by atoms with Crippen LogP contribution in [0.1, 0.15) is 88.5 Å². The van der Waals surface area contributed by atoms with Crippen LogP contribution in [0.5, 0.6) is 0 Å². The van der Waals surface area contributed by atoms with Crippen LogP contribution in [0.15, 0.2) is 4.99 Å². The number of guanidine groups is 1. The molecule has 0 bridgehead atoms. The molecule has 1 unspecified atom stereocenters. The van der Waals surface area contributed by atoms with E-state index in [1.807, 2.05) is 27.7 Å². The topological polar surface area (TPSA) is 147 Å². The summed E-state index contributed by atoms with van der Waals surface area (Å²) in [6.45, 7) is 18.7. The van der Waals surface area contributed by atoms with Gasteiger partial charge in [-0.25, -0.2) is 9.59 Å². The Bertz CT molecular complexity index is 768. The molecule has 0 aromatic heterocycles. The van der Waals surface area contributed by atoms with Crippen LogP contribution >= 0.6 is 0 Å². The van der Waals surface area contributed by atoms with Crippen molar-refractivity contribution in [1.29, 1.82) is 0 Å². The zero-order chi connectivity index (χ0) is 28.1. The van der Waals surface area contributed by atoms with E-state index in [4.69, 9.17) is 9.47 Å². The lowest BCUT2D eigenvalue weighted by Crippen LogP contribution is -2.49. The van der Waals surface area contributed by atoms with Crippen LogP contribution in [0.3, 0.4) is 0 Å². The number of hydrogen-bond acceptors (Lipinski definition) is 6. The van der Waals surface area contributed by atoms with E-state index < -0.39 is 29.4 Å². The highest BCUT2D eigenvalue weighted by atomic mass is 16.6. The Labute approximate surface area is 215 Å². The molecule has 0 aliphatic carbocycles. The fourth-order valence-electron chi connectivity index (χ4n) is 3.10. The second-order valence-electron chi connectivity index (χ2n) is 11.1. The summed E-state index contributed by atoms with van der Waals surface area (Å²) >= 11 is 0. The molecule has 11 nitrogen and oxygen atoms in total. The zero-order valence-corrected chi connectivity index (χ0v) is 23.7. The fourth-order valence-corrected chi connectivity index (χ4v) is 3.10. The first-order valence-corrected chi connectivity index (χ1v) is 12.6. The summed E-state index contributed by atoms with van der Waals surface area (Å²) < 4.78 is 10.4. The number of alkyl carbamates (subject to hydrolysis) is 1. The van der Waals surface area contributed by atoms with Gasteiger partial charge in [0.1, 0.15) is 17.2 Å². The zero-order valence-electron chi connectivity index (χ0n) is 23.7. The van der Waals surface area contributed by atoms with Crippen LogP contribution in [0.25, 0.3) is 0 Å². The van der Waals surface area contributed by atoms with Gasteiger partial charge in [0.15, 0.2) is 0 Å². The molecule has 0 saturated carbocycles. The average Bonchev–Trinajstić information content (AvgIpc) is 2.66. The Morgan fingerprint density at radius 1 is 0.861 bits per heavy atom. The highest BCUT2D eigenvalue weighted by molar-refractivity contribution is 5.98. The number of nitrogens with one attached hydrogen (secondary N) is 4. The summed E-state index contributed by atoms with van der Waals surface area (Å²) in [5.41, 5.74) is -1.51. The number of aliphatic imine (C=N–C) groups is 1. The highest BCUT2D eigenvalue weighted by Gasteiger charge is 2.24. The van der Waals surface area contributed by atoms with E-state index in [-0.39, 0.29) is 30.2 Å². The molecular weight excluding hydrogens is 466 g/mol. The number of ether oxygens (including phenoxy) is 2. The third-order valence-corrected chi connectivity index (χ3v) is 4.43. The third kappa shape index (κ3) is 16.7. The third-order valence-electron chi connectivity index (χ3n) is 4.43. The molecule has 0 spiro atoms. The minimum Gasteiger partial charge on any atom is -0.444 e. The van der Waals surface area contributed by atoms with Gasteiger partial charge in [0, 0.05) is 19.0 Å². The SMILES string of the molecule is CCNC(=O)[C@H](CCCN/C(=N\C(=O)OC(C)(C)C)NC(=O)OC(C)(C)C)NC(=O)C(C)CC(C)C. The number of nitrogens with zero attached hydrogens (tertiary/aromatic N) is 1. The number of rotatable bonds is 10. The van der Waals surface area contributed by atoms with Gasteiger partial charge < -0.3 is 25.4 Å². The maximum atomic E-state index is 12.6. The van der Waals surface area contributed by atoms with Crippen molar-refractivity contribution in [1.82, 2.24) is 21.3 Å². The van der Waals surface area contributed by atoms with Crippen LogP contribution in [-0.2, 0) is 19.1 Å². The Morgan fingerprint density at radius 3 is 1.94 bits per heavy atom. The van der Waals surface area contributed by atoms with Gasteiger partial charge in [-0.15, -0.1) is 4.99 Å². The lowest BCUT2D eigenvalue weighted by molar-refractivity contribution is -0.131. The molecule has 11 heteroatoms. The summed E-state index contributed by atoms with van der Waals surface area (Å²) in [7, 11) is 0. The van der Waals surface area contributed by atoms with Crippen LogP contribution in [0.4, 0.5) is 9.59 Å². The van der Waals surface area contributed by atoms with E-state index in [0.29, 0.717) is 25.3 Å². The lowest BCUT2D eigenvalue weighted by Gasteiger charge is -2.22. The predicted molar refractivity (Wildman–Crippen MR) is 140 cm³/mol. The number of carbonyl (C=O) groups excluding carboxylic acids is 4. The van der Waals surface area contributed by atoms with Crippen LogP contribution in [0, 0.1) is 11.8 Å². The van der Waals surface area contributed by atoms with Crippen molar-refractivity contribution in [3.8, 4) is 0 Å². The van der Waals surface area contributed by atoms with Gasteiger partial charge in [-0.05, 0) is 73.6 Å². The molecule has 0 aliphatic heterocycles. The van der Waals surface area contributed by atoms with E-state index >= 15 is 0 Å². The van der Waals surface area contributed by atoms with Gasteiger partial charge in [-0.3, -0.25) is 14.9 Å². The molecule has 0 aliphatic rings. The Hall–Kier alpha value is -2.85. The first-order chi connectivity index (χ1) is 16.4. The Morgan fingerprint density at radius 2 is 1.44 bits per heavy atom. The van der Waals surface area contributed by atoms with E-state index in [2.05, 4.69) is 26.3 Å². The number of carbonyl (C=O) groups is 4. The first-order valence-electron chi connectivity index (χ1n) is 12.6. The smallest absolute Gasteiger partial charge is 0.437 e. The van der Waals surface area contributed by atoms with E-state index in [1.165, 1.54) is 0 Å². The van der Waals surface area contributed by atoms with E-state index in [0.717, 1.165) is 6.42 Å². The molecule has 0 aromatic rings. The average molecular weight is 514 g/mol. The van der Waals surface area contributed by atoms with Gasteiger partial charge in [-0.1, -0.05) is 20.8 Å². The predicted octanol–water partition coefficient (Wildman–Crippen LogP) is 3.48. The van der Waals surface area contributed by atoms with E-state index in [1.54, 1.807) is 41.5 Å². The maximum absolute atomic E-state index is 12.6. The second kappa shape index (κ2) is 15.3. The van der Waals surface area contributed by atoms with Crippen molar-refractivity contribution in [3.63, 3.8) is 0 Å². The van der Waals surface area contributed by atoms with Gasteiger partial charge in [-0.2, -0.15) is 0 Å². The van der Waals surface area contributed by atoms with Crippen LogP contribution in [-0.4, -0.2) is 60.3 Å². The van der Waals surface area contributed by atoms with Crippen molar-refractivity contribution in [2.24, 2.45) is 16.8 Å². The molecule has 4 amide bonds. The molecule has 0 rings (SSSR count). The van der Waals surface area contributed by atoms with Gasteiger partial charge in [0.2, 0.25) is 17.8 Å². The molecular formula is C25H47N5O6. The van der Waals surface area contributed by atoms with Crippen molar-refractivity contribution >= 4 is 30.0 Å². The summed E-state index contributed by atoms with van der Waals surface area (Å²) in [5, 5.41) is 10.9. The van der Waals surface area contributed by atoms with Crippen molar-refractivity contribution in [2.75, 3.05) is 13.1 Å². The van der Waals surface area contributed by atoms with Crippen molar-refractivity contribution in [3.05, 3.63) is 0 Å². The molecule has 2 atom stereocenters. The second-order valence-corrected chi connectivity index (χ2v) is 11.1. The number of likely N-dealkylation sites (N-methyl/N-ethyl adjacent to an activating group) is 1. The summed E-state index contributed by atoms with van der Waals surface area (Å²) in [5.74, 6) is -0.435. The quantitative estimate of drug-likeness (QED) is 0.199. The Kier molecular flexibility index (Phi) is 14.1. The molecule has 0 saturated heterocycles. The summed E-state index contributed by atoms with van der Waals surface area (Å²) in [6.07, 6.45) is -0.178. The van der Waals surface area contributed by atoms with Gasteiger partial charge >= 0.3 is 12.2 Å². The normalized spacial score (nSPS) is 13.9. The largest absolute Gasteiger partial charge is 0.444 e. The number of amides is 4. The Balaban J connectivity index is 5.24. The minimum atomic E-state index is -0.882. The fraction of sp³-hybridized carbons (Fsp3) is 0.800. The van der Waals surface area contributed by atoms with E-state index in [9.17, 15) is 19.2 Å². The molecule has 0 radical (unpaired) electrons. The maximum Gasteiger partial charge on any atom is 0.437 e. The summed E-state index contributed by atoms with van der Waals surface area (Å²) in [4.78, 5) is 53.2. The van der Waals surface area contributed by atoms with Crippen molar-refractivity contribution in [2.45, 2.75) is 106 Å². The summed E-state index contributed by atoms with van der Waals surface area (Å²) in [6, 6.07) is -0.709. The monoisotopic (exact) mass is 513 g/mol. The minimum absolute atomic E-state index is 0.136. The molecule has 0 fully saturated rings. The van der Waals surface area contributed by atoms with Gasteiger partial charge in [0.25, 0.3) is 0 Å². The first kappa shape index (κ1) is 33.1. The molecule has 0 heterocycles. The van der Waals surface area contributed by atoms with Crippen LogP contribution in [0.2, 0.25) is 0 Å². The molecule has 0 aromatic carbocycles. The molecule has 36 heavy (non-hydrogen) atoms. The van der Waals surface area contributed by atoms with Gasteiger partial charge in [0.05, 0.1) is 0 Å². The number of hydrogen-bond donors (Lipinski definition) is 4. The van der Waals surface area contributed by atoms with Crippen LogP contribution < -0.4 is 21.3 Å². The molecule has 208 valence electrons. The molecule has 4 N–H and O–H groups in total. The highest BCUT2D eigenvalue weighted by Crippen LogP contribution is 2.12.